The molecule has 0 N–H and O–H groups in total. The Morgan fingerprint density at radius 3 is 2.47 bits per heavy atom. The van der Waals surface area contributed by atoms with Crippen LogP contribution in [0.1, 0.15) is 54.7 Å². The first kappa shape index (κ1) is 21.5. The van der Waals surface area contributed by atoms with Crippen LogP contribution in [-0.2, 0) is 6.54 Å². The fourth-order valence-corrected chi connectivity index (χ4v) is 5.73. The zero-order chi connectivity index (χ0) is 21.8. The number of nitrogens with zero attached hydrogens (tertiary/aromatic N) is 5. The van der Waals surface area contributed by atoms with Crippen LogP contribution in [0.5, 0.6) is 0 Å². The maximum atomic E-state index is 13.5. The number of imidazole rings is 1. The molecule has 2 aliphatic rings. The minimum atomic E-state index is 0.124. The Bertz CT molecular complexity index is 1020. The number of aromatic nitrogens is 2. The van der Waals surface area contributed by atoms with Gasteiger partial charge in [0, 0.05) is 63.1 Å². The van der Waals surface area contributed by atoms with Crippen LogP contribution in [0, 0.1) is 0 Å². The molecule has 0 unspecified atom stereocenters. The van der Waals surface area contributed by atoms with Crippen LogP contribution in [0.2, 0.25) is 0 Å². The highest BCUT2D eigenvalue weighted by atomic mass is 32.1. The lowest BCUT2D eigenvalue weighted by molar-refractivity contribution is 0.0734. The smallest absolute Gasteiger partial charge is 0.274 e. The van der Waals surface area contributed by atoms with Crippen LogP contribution in [0.15, 0.2) is 41.9 Å². The molecule has 1 aromatic carbocycles. The molecule has 0 saturated carbocycles. The van der Waals surface area contributed by atoms with Gasteiger partial charge in [0.05, 0.1) is 5.69 Å². The highest BCUT2D eigenvalue weighted by Crippen LogP contribution is 2.23. The number of hydrogen-bond donors (Lipinski definition) is 0. The highest BCUT2D eigenvalue weighted by molar-refractivity contribution is 7.15. The number of likely N-dealkylation sites (tertiary alicyclic amines) is 1. The molecule has 7 heteroatoms. The summed E-state index contributed by atoms with van der Waals surface area (Å²) in [5.74, 6) is 0.124. The number of carbonyl (C=O) groups is 1. The lowest BCUT2D eigenvalue weighted by atomic mass is 10.1. The van der Waals surface area contributed by atoms with Gasteiger partial charge in [-0.15, -0.1) is 11.3 Å². The van der Waals surface area contributed by atoms with Gasteiger partial charge in [-0.05, 0) is 31.4 Å². The molecule has 32 heavy (non-hydrogen) atoms. The van der Waals surface area contributed by atoms with E-state index < -0.39 is 0 Å². The van der Waals surface area contributed by atoms with Gasteiger partial charge in [0.1, 0.15) is 0 Å². The van der Waals surface area contributed by atoms with E-state index in [1.54, 1.807) is 11.3 Å². The minimum absolute atomic E-state index is 0.124. The van der Waals surface area contributed by atoms with E-state index in [9.17, 15) is 4.79 Å². The SMILES string of the molecule is O=C(c1nc2sccn2c1CN1CCCN(c2ccccc2)CC1)N1CCCCCCC1. The van der Waals surface area contributed by atoms with Gasteiger partial charge < -0.3 is 9.80 Å². The number of rotatable bonds is 4. The molecule has 170 valence electrons. The van der Waals surface area contributed by atoms with Gasteiger partial charge in [0.25, 0.3) is 5.91 Å². The Kier molecular flexibility index (Phi) is 6.74. The summed E-state index contributed by atoms with van der Waals surface area (Å²) in [5, 5.41) is 2.07. The number of para-hydroxylation sites is 1. The fraction of sp³-hybridized carbons (Fsp3) is 0.520. The largest absolute Gasteiger partial charge is 0.370 e. The van der Waals surface area contributed by atoms with Crippen molar-refractivity contribution < 1.29 is 4.79 Å². The van der Waals surface area contributed by atoms with Crippen LogP contribution < -0.4 is 4.90 Å². The summed E-state index contributed by atoms with van der Waals surface area (Å²) in [4.78, 5) is 26.3. The van der Waals surface area contributed by atoms with E-state index in [2.05, 4.69) is 61.0 Å². The molecule has 0 atom stereocenters. The Hall–Kier alpha value is -2.38. The first-order chi connectivity index (χ1) is 15.8. The molecule has 2 aromatic heterocycles. The standard InChI is InChI=1S/C25H33N5OS/c31-24(29-13-7-2-1-3-8-14-29)23-22(30-18-19-32-25(30)26-23)20-27-12-9-15-28(17-16-27)21-10-5-4-6-11-21/h4-6,10-11,18-19H,1-3,7-9,12-17,20H2. The molecular formula is C25H33N5OS. The van der Waals surface area contributed by atoms with Crippen molar-refractivity contribution in [2.45, 2.75) is 45.1 Å². The van der Waals surface area contributed by atoms with Crippen molar-refractivity contribution >= 4 is 27.9 Å². The number of anilines is 1. The van der Waals surface area contributed by atoms with Crippen molar-refractivity contribution in [3.8, 4) is 0 Å². The van der Waals surface area contributed by atoms with Gasteiger partial charge in [-0.1, -0.05) is 37.5 Å². The zero-order valence-electron chi connectivity index (χ0n) is 18.8. The van der Waals surface area contributed by atoms with Gasteiger partial charge in [-0.2, -0.15) is 0 Å². The second kappa shape index (κ2) is 10.0. The summed E-state index contributed by atoms with van der Waals surface area (Å²) < 4.78 is 2.14. The van der Waals surface area contributed by atoms with Gasteiger partial charge in [-0.3, -0.25) is 14.1 Å². The normalized spacial score (nSPS) is 19.0. The Morgan fingerprint density at radius 2 is 1.66 bits per heavy atom. The average Bonchev–Trinajstić information content (AvgIpc) is 3.29. The van der Waals surface area contributed by atoms with E-state index in [0.29, 0.717) is 5.69 Å². The van der Waals surface area contributed by atoms with Crippen LogP contribution in [0.25, 0.3) is 4.96 Å². The highest BCUT2D eigenvalue weighted by Gasteiger charge is 2.26. The Labute approximate surface area is 194 Å². The number of hydrogen-bond acceptors (Lipinski definition) is 5. The van der Waals surface area contributed by atoms with E-state index in [1.165, 1.54) is 24.9 Å². The summed E-state index contributed by atoms with van der Waals surface area (Å²) in [6, 6.07) is 10.7. The predicted molar refractivity (Wildman–Crippen MR) is 131 cm³/mol. The summed E-state index contributed by atoms with van der Waals surface area (Å²) in [6.07, 6.45) is 9.13. The van der Waals surface area contributed by atoms with Crippen molar-refractivity contribution in [2.24, 2.45) is 0 Å². The van der Waals surface area contributed by atoms with Gasteiger partial charge in [0.2, 0.25) is 0 Å². The number of thiazole rings is 1. The number of carbonyl (C=O) groups excluding carboxylic acids is 1. The van der Waals surface area contributed by atoms with E-state index in [4.69, 9.17) is 4.98 Å². The van der Waals surface area contributed by atoms with Gasteiger partial charge in [-0.25, -0.2) is 4.98 Å². The molecule has 3 aromatic rings. The molecule has 5 rings (SSSR count). The topological polar surface area (TPSA) is 44.1 Å². The van der Waals surface area contributed by atoms with Crippen LogP contribution >= 0.6 is 11.3 Å². The van der Waals surface area contributed by atoms with Crippen molar-refractivity contribution in [1.29, 1.82) is 0 Å². The summed E-state index contributed by atoms with van der Waals surface area (Å²) in [7, 11) is 0. The van der Waals surface area contributed by atoms with E-state index in [-0.39, 0.29) is 5.91 Å². The van der Waals surface area contributed by atoms with Gasteiger partial charge >= 0.3 is 0 Å². The molecule has 2 saturated heterocycles. The second-order valence-electron chi connectivity index (χ2n) is 8.97. The summed E-state index contributed by atoms with van der Waals surface area (Å²) in [5.41, 5.74) is 3.02. The average molecular weight is 452 g/mol. The number of benzene rings is 1. The van der Waals surface area contributed by atoms with Crippen LogP contribution in [0.3, 0.4) is 0 Å². The molecule has 2 fully saturated rings. The molecule has 0 aliphatic carbocycles. The quantitative estimate of drug-likeness (QED) is 0.585. The third-order valence-electron chi connectivity index (χ3n) is 6.79. The Balaban J connectivity index is 1.33. The van der Waals surface area contributed by atoms with Crippen molar-refractivity contribution in [3.05, 3.63) is 53.3 Å². The maximum Gasteiger partial charge on any atom is 0.274 e. The predicted octanol–water partition coefficient (Wildman–Crippen LogP) is 4.51. The summed E-state index contributed by atoms with van der Waals surface area (Å²) in [6.45, 7) is 6.60. The lowest BCUT2D eigenvalue weighted by Crippen LogP contribution is -2.35. The monoisotopic (exact) mass is 451 g/mol. The number of amides is 1. The minimum Gasteiger partial charge on any atom is -0.370 e. The van der Waals surface area contributed by atoms with Crippen molar-refractivity contribution in [1.82, 2.24) is 19.2 Å². The molecule has 0 spiro atoms. The lowest BCUT2D eigenvalue weighted by Gasteiger charge is -2.25. The van der Waals surface area contributed by atoms with Gasteiger partial charge in [0.15, 0.2) is 10.7 Å². The third kappa shape index (κ3) is 4.69. The van der Waals surface area contributed by atoms with Crippen molar-refractivity contribution in [3.63, 3.8) is 0 Å². The number of fused-ring (bicyclic) bond motifs is 1. The zero-order valence-corrected chi connectivity index (χ0v) is 19.6. The maximum absolute atomic E-state index is 13.5. The Morgan fingerprint density at radius 1 is 0.875 bits per heavy atom. The molecule has 6 nitrogen and oxygen atoms in total. The van der Waals surface area contributed by atoms with Crippen LogP contribution in [-0.4, -0.2) is 64.4 Å². The first-order valence-electron chi connectivity index (χ1n) is 12.1. The molecule has 0 radical (unpaired) electrons. The van der Waals surface area contributed by atoms with E-state index >= 15 is 0 Å². The van der Waals surface area contributed by atoms with Crippen LogP contribution in [0.4, 0.5) is 5.69 Å². The van der Waals surface area contributed by atoms with Crippen molar-refractivity contribution in [2.75, 3.05) is 44.2 Å². The molecular weight excluding hydrogens is 418 g/mol. The third-order valence-corrected chi connectivity index (χ3v) is 7.55. The first-order valence-corrected chi connectivity index (χ1v) is 12.9. The molecule has 0 bridgehead atoms. The molecule has 2 aliphatic heterocycles. The molecule has 4 heterocycles. The second-order valence-corrected chi connectivity index (χ2v) is 9.85. The van der Waals surface area contributed by atoms with E-state index in [1.807, 2.05) is 0 Å². The summed E-state index contributed by atoms with van der Waals surface area (Å²) >= 11 is 1.61. The van der Waals surface area contributed by atoms with E-state index in [0.717, 1.165) is 75.7 Å². The molecule has 1 amide bonds. The fourth-order valence-electron chi connectivity index (χ4n) is 4.99.